The summed E-state index contributed by atoms with van der Waals surface area (Å²) in [7, 11) is 0. The molecule has 1 aromatic carbocycles. The number of ether oxygens (including phenoxy) is 3. The Morgan fingerprint density at radius 1 is 1.11 bits per heavy atom. The van der Waals surface area contributed by atoms with Crippen molar-refractivity contribution in [2.24, 2.45) is 11.3 Å². The number of hydrogen-bond acceptors (Lipinski definition) is 8. The van der Waals surface area contributed by atoms with Crippen molar-refractivity contribution in [1.29, 1.82) is 0 Å². The highest BCUT2D eigenvalue weighted by Gasteiger charge is 2.48. The first-order valence-electron chi connectivity index (χ1n) is 16.3. The zero-order valence-electron chi connectivity index (χ0n) is 26.4. The van der Waals surface area contributed by atoms with Gasteiger partial charge in [0.25, 0.3) is 5.56 Å². The van der Waals surface area contributed by atoms with E-state index in [0.717, 1.165) is 65.1 Å². The molecule has 242 valence electrons. The fraction of sp³-hybridized carbons (Fsp3) is 0.727. The molecule has 1 N–H and O–H groups in total. The lowest BCUT2D eigenvalue weighted by molar-refractivity contribution is -0.0602. The van der Waals surface area contributed by atoms with E-state index >= 15 is 0 Å². The molecule has 1 amide bonds. The number of fused-ring (bicyclic) bond motifs is 1. The second-order valence-electron chi connectivity index (χ2n) is 14.3. The van der Waals surface area contributed by atoms with E-state index in [4.69, 9.17) is 14.2 Å². The highest BCUT2D eigenvalue weighted by molar-refractivity contribution is 7.99. The Morgan fingerprint density at radius 3 is 2.50 bits per heavy atom. The highest BCUT2D eigenvalue weighted by Crippen LogP contribution is 2.45. The van der Waals surface area contributed by atoms with Crippen molar-refractivity contribution in [2.75, 3.05) is 46.0 Å². The third-order valence-corrected chi connectivity index (χ3v) is 11.2. The van der Waals surface area contributed by atoms with Crippen LogP contribution in [-0.2, 0) is 15.2 Å². The molecule has 1 aliphatic carbocycles. The van der Waals surface area contributed by atoms with Crippen LogP contribution >= 0.6 is 11.8 Å². The Morgan fingerprint density at radius 2 is 1.82 bits per heavy atom. The van der Waals surface area contributed by atoms with Gasteiger partial charge in [-0.25, -0.2) is 14.2 Å². The number of piperidine rings is 1. The number of halogens is 1. The maximum absolute atomic E-state index is 15.0. The van der Waals surface area contributed by atoms with E-state index in [9.17, 15) is 14.0 Å². The quantitative estimate of drug-likeness (QED) is 0.414. The number of hydrogen-bond donors (Lipinski definition) is 1. The monoisotopic (exact) mass is 630 g/mol. The van der Waals surface area contributed by atoms with Gasteiger partial charge >= 0.3 is 6.09 Å². The van der Waals surface area contributed by atoms with Crippen LogP contribution in [0, 0.1) is 17.2 Å². The van der Waals surface area contributed by atoms with Crippen LogP contribution in [0.3, 0.4) is 0 Å². The number of nitrogens with zero attached hydrogens (tertiary/aromatic N) is 3. The van der Waals surface area contributed by atoms with E-state index < -0.39 is 17.0 Å². The average Bonchev–Trinajstić information content (AvgIpc) is 2.97. The van der Waals surface area contributed by atoms with E-state index in [1.54, 1.807) is 17.8 Å². The molecule has 2 aromatic rings. The van der Waals surface area contributed by atoms with E-state index in [2.05, 4.69) is 14.9 Å². The average molecular weight is 631 g/mol. The lowest BCUT2D eigenvalue weighted by atomic mass is 9.67. The van der Waals surface area contributed by atoms with Crippen LogP contribution < -0.4 is 10.3 Å². The van der Waals surface area contributed by atoms with Crippen LogP contribution in [0.2, 0.25) is 0 Å². The van der Waals surface area contributed by atoms with Gasteiger partial charge in [0, 0.05) is 55.1 Å². The molecule has 44 heavy (non-hydrogen) atoms. The Labute approximate surface area is 263 Å². The molecule has 3 aliphatic heterocycles. The molecular formula is C33H47FN4O5S. The van der Waals surface area contributed by atoms with Gasteiger partial charge in [-0.15, -0.1) is 0 Å². The molecule has 11 heteroatoms. The minimum atomic E-state index is -0.597. The molecule has 3 saturated heterocycles. The molecule has 9 nitrogen and oxygen atoms in total. The molecule has 0 bridgehead atoms. The van der Waals surface area contributed by atoms with Gasteiger partial charge in [-0.05, 0) is 91.1 Å². The number of carbonyl (C=O) groups is 1. The maximum Gasteiger partial charge on any atom is 0.410 e. The highest BCUT2D eigenvalue weighted by atomic mass is 32.2. The number of nitrogens with one attached hydrogen (secondary N) is 1. The Hall–Kier alpha value is -2.37. The largest absolute Gasteiger partial charge is 0.493 e. The lowest BCUT2D eigenvalue weighted by Gasteiger charge is -2.54. The number of benzene rings is 1. The molecule has 1 aromatic heterocycles. The summed E-state index contributed by atoms with van der Waals surface area (Å²) in [4.78, 5) is 36.9. The Bertz CT molecular complexity index is 1370. The first-order chi connectivity index (χ1) is 21.1. The van der Waals surface area contributed by atoms with Crippen molar-refractivity contribution in [3.8, 4) is 5.75 Å². The molecule has 0 unspecified atom stereocenters. The minimum Gasteiger partial charge on any atom is -0.493 e. The Balaban J connectivity index is 0.955. The number of thioether (sulfide) groups is 1. The van der Waals surface area contributed by atoms with Gasteiger partial charge in [0.05, 0.1) is 17.9 Å². The number of likely N-dealkylation sites (tertiary alicyclic amines) is 2. The van der Waals surface area contributed by atoms with Crippen molar-refractivity contribution >= 4 is 28.8 Å². The first kappa shape index (κ1) is 31.6. The second-order valence-corrected chi connectivity index (χ2v) is 15.6. The summed E-state index contributed by atoms with van der Waals surface area (Å²) in [6.45, 7) is 11.5. The molecule has 4 aliphatic rings. The molecule has 1 saturated carbocycles. The molecule has 4 fully saturated rings. The lowest BCUT2D eigenvalue weighted by Crippen LogP contribution is -2.61. The van der Waals surface area contributed by atoms with E-state index in [1.807, 2.05) is 25.7 Å². The summed E-state index contributed by atoms with van der Waals surface area (Å²) < 4.78 is 32.0. The van der Waals surface area contributed by atoms with Gasteiger partial charge in [0.1, 0.15) is 28.4 Å². The van der Waals surface area contributed by atoms with Crippen LogP contribution in [-0.4, -0.2) is 88.8 Å². The van der Waals surface area contributed by atoms with Crippen molar-refractivity contribution in [3.05, 3.63) is 34.1 Å². The van der Waals surface area contributed by atoms with Gasteiger partial charge < -0.3 is 29.0 Å². The van der Waals surface area contributed by atoms with Gasteiger partial charge in [0.2, 0.25) is 0 Å². The number of amides is 1. The van der Waals surface area contributed by atoms with Crippen LogP contribution in [0.25, 0.3) is 10.9 Å². The topological polar surface area (TPSA) is 97.0 Å². The van der Waals surface area contributed by atoms with Crippen molar-refractivity contribution < 1.29 is 23.4 Å². The predicted molar refractivity (Wildman–Crippen MR) is 170 cm³/mol. The van der Waals surface area contributed by atoms with Crippen molar-refractivity contribution in [3.63, 3.8) is 0 Å². The standard InChI is InChI=1S/C33H47FN4O5S/c1-32(2,3)43-31(40)38-20-33(21-38)10-4-23(5-11-33)37-12-6-22(7-13-37)18-42-24-16-26(34)29-27(17-24)35-28(36-30(29)39)19-44-25-8-14-41-15-9-25/h16-17,22-23,25H,4-15,18-21H2,1-3H3,(H,35,36,39). The molecule has 4 heterocycles. The molecule has 1 spiro atoms. The molecule has 0 atom stereocenters. The van der Waals surface area contributed by atoms with Crippen LogP contribution in [0.15, 0.2) is 16.9 Å². The summed E-state index contributed by atoms with van der Waals surface area (Å²) in [5, 5.41) is 0.469. The zero-order chi connectivity index (χ0) is 30.9. The van der Waals surface area contributed by atoms with E-state index in [0.29, 0.717) is 46.7 Å². The van der Waals surface area contributed by atoms with Gasteiger partial charge in [-0.2, -0.15) is 11.8 Å². The maximum atomic E-state index is 15.0. The van der Waals surface area contributed by atoms with Crippen LogP contribution in [0.4, 0.5) is 9.18 Å². The van der Waals surface area contributed by atoms with Crippen molar-refractivity contribution in [2.45, 2.75) is 94.8 Å². The van der Waals surface area contributed by atoms with E-state index in [-0.39, 0.29) is 16.9 Å². The van der Waals surface area contributed by atoms with Gasteiger partial charge in [-0.3, -0.25) is 4.79 Å². The molecule has 6 rings (SSSR count). The fourth-order valence-corrected chi connectivity index (χ4v) is 8.31. The third-order valence-electron chi connectivity index (χ3n) is 9.78. The summed E-state index contributed by atoms with van der Waals surface area (Å²) in [6.07, 6.45) is 8.60. The van der Waals surface area contributed by atoms with Gasteiger partial charge in [0.15, 0.2) is 0 Å². The van der Waals surface area contributed by atoms with E-state index in [1.165, 1.54) is 31.7 Å². The summed E-state index contributed by atoms with van der Waals surface area (Å²) in [6, 6.07) is 3.62. The summed E-state index contributed by atoms with van der Waals surface area (Å²) >= 11 is 1.76. The second kappa shape index (κ2) is 13.2. The third kappa shape index (κ3) is 7.53. The predicted octanol–water partition coefficient (Wildman–Crippen LogP) is 5.74. The normalized spacial score (nSPS) is 22.3. The summed E-state index contributed by atoms with van der Waals surface area (Å²) in [5.74, 6) is 1.38. The number of rotatable bonds is 7. The van der Waals surface area contributed by atoms with Crippen molar-refractivity contribution in [1.82, 2.24) is 19.8 Å². The number of H-pyrrole nitrogens is 1. The number of aromatic nitrogens is 2. The summed E-state index contributed by atoms with van der Waals surface area (Å²) in [5.41, 5.74) is -0.276. The molecule has 0 radical (unpaired) electrons. The number of carbonyl (C=O) groups excluding carboxylic acids is 1. The minimum absolute atomic E-state index is 0.0146. The first-order valence-corrected chi connectivity index (χ1v) is 17.4. The van der Waals surface area contributed by atoms with Crippen LogP contribution in [0.1, 0.15) is 78.0 Å². The van der Waals surface area contributed by atoms with Crippen LogP contribution in [0.5, 0.6) is 5.75 Å². The van der Waals surface area contributed by atoms with Gasteiger partial charge in [-0.1, -0.05) is 0 Å². The zero-order valence-corrected chi connectivity index (χ0v) is 27.2. The molecular weight excluding hydrogens is 583 g/mol. The fourth-order valence-electron chi connectivity index (χ4n) is 7.25. The number of aromatic amines is 1. The SMILES string of the molecule is CC(C)(C)OC(=O)N1CC2(CCC(N3CCC(COc4cc(F)c5c(=O)[nH]c(CSC6CCOCC6)nc5c4)CC3)CC2)C1. The Kier molecular flexibility index (Phi) is 9.45. The smallest absolute Gasteiger partial charge is 0.410 e.